The molecule has 1 saturated carbocycles. The van der Waals surface area contributed by atoms with E-state index in [1.807, 2.05) is 13.0 Å². The van der Waals surface area contributed by atoms with E-state index in [1.54, 1.807) is 0 Å². The topological polar surface area (TPSA) is 44.1 Å². The Balaban J connectivity index is 1.86. The maximum atomic E-state index is 12.6. The van der Waals surface area contributed by atoms with Crippen LogP contribution in [-0.4, -0.2) is 29.8 Å². The first kappa shape index (κ1) is 10.3. The van der Waals surface area contributed by atoms with E-state index in [9.17, 15) is 13.6 Å². The van der Waals surface area contributed by atoms with Crippen molar-refractivity contribution in [3.05, 3.63) is 0 Å². The molecular formula is C10H12F2N2O. The van der Waals surface area contributed by atoms with Gasteiger partial charge in [-0.2, -0.15) is 5.26 Å². The van der Waals surface area contributed by atoms with Crippen molar-refractivity contribution in [2.75, 3.05) is 13.1 Å². The van der Waals surface area contributed by atoms with Crippen LogP contribution in [0.1, 0.15) is 19.8 Å². The minimum absolute atomic E-state index is 0.186. The third-order valence-electron chi connectivity index (χ3n) is 3.09. The van der Waals surface area contributed by atoms with E-state index in [4.69, 9.17) is 5.26 Å². The third kappa shape index (κ3) is 1.69. The van der Waals surface area contributed by atoms with Crippen molar-refractivity contribution in [3.8, 4) is 6.07 Å². The molecule has 2 rings (SSSR count). The Morgan fingerprint density at radius 3 is 2.53 bits per heavy atom. The molecule has 1 saturated heterocycles. The molecule has 15 heavy (non-hydrogen) atoms. The number of nitriles is 1. The minimum Gasteiger partial charge on any atom is -0.341 e. The maximum absolute atomic E-state index is 12.6. The van der Waals surface area contributed by atoms with Crippen LogP contribution >= 0.6 is 0 Å². The molecular weight excluding hydrogens is 202 g/mol. The first-order valence-electron chi connectivity index (χ1n) is 4.92. The summed E-state index contributed by atoms with van der Waals surface area (Å²) in [5.74, 6) is -4.32. The fourth-order valence-electron chi connectivity index (χ4n) is 2.04. The zero-order valence-electron chi connectivity index (χ0n) is 8.46. The number of alkyl halides is 2. The van der Waals surface area contributed by atoms with Gasteiger partial charge in [0.2, 0.25) is 5.91 Å². The quantitative estimate of drug-likeness (QED) is 0.697. The van der Waals surface area contributed by atoms with Gasteiger partial charge in [-0.15, -0.1) is 0 Å². The van der Waals surface area contributed by atoms with Gasteiger partial charge >= 0.3 is 0 Å². The lowest BCUT2D eigenvalue weighted by molar-refractivity contribution is -0.145. The SMILES string of the molecule is CC1(CC#N)CN(C(=O)[C@@H]2CC2(F)F)C1. The summed E-state index contributed by atoms with van der Waals surface area (Å²) >= 11 is 0. The van der Waals surface area contributed by atoms with Crippen LogP contribution in [0.2, 0.25) is 0 Å². The first-order chi connectivity index (χ1) is 6.88. The second kappa shape index (κ2) is 2.91. The minimum atomic E-state index is -2.78. The highest BCUT2D eigenvalue weighted by Gasteiger charge is 2.63. The van der Waals surface area contributed by atoms with E-state index >= 15 is 0 Å². The summed E-state index contributed by atoms with van der Waals surface area (Å²) in [7, 11) is 0. The van der Waals surface area contributed by atoms with Crippen molar-refractivity contribution in [2.24, 2.45) is 11.3 Å². The Hall–Kier alpha value is -1.18. The van der Waals surface area contributed by atoms with Gasteiger partial charge in [-0.3, -0.25) is 4.79 Å². The van der Waals surface area contributed by atoms with Crippen LogP contribution in [0.15, 0.2) is 0 Å². The van der Waals surface area contributed by atoms with Crippen molar-refractivity contribution >= 4 is 5.91 Å². The lowest BCUT2D eigenvalue weighted by Crippen LogP contribution is -2.57. The molecule has 3 nitrogen and oxygen atoms in total. The highest BCUT2D eigenvalue weighted by Crippen LogP contribution is 2.50. The lowest BCUT2D eigenvalue weighted by Gasteiger charge is -2.47. The van der Waals surface area contributed by atoms with Gasteiger partial charge < -0.3 is 4.90 Å². The molecule has 0 spiro atoms. The number of amides is 1. The van der Waals surface area contributed by atoms with E-state index in [0.29, 0.717) is 19.5 Å². The fraction of sp³-hybridized carbons (Fsp3) is 0.800. The van der Waals surface area contributed by atoms with Crippen molar-refractivity contribution in [3.63, 3.8) is 0 Å². The summed E-state index contributed by atoms with van der Waals surface area (Å²) in [6.45, 7) is 2.77. The van der Waals surface area contributed by atoms with Gasteiger partial charge in [0.15, 0.2) is 0 Å². The normalized spacial score (nSPS) is 30.3. The largest absolute Gasteiger partial charge is 0.341 e. The molecule has 1 heterocycles. The average molecular weight is 214 g/mol. The van der Waals surface area contributed by atoms with Gasteiger partial charge in [0.25, 0.3) is 5.92 Å². The number of carbonyl (C=O) groups is 1. The van der Waals surface area contributed by atoms with Gasteiger partial charge in [0.1, 0.15) is 5.92 Å². The molecule has 2 fully saturated rings. The van der Waals surface area contributed by atoms with Crippen LogP contribution in [0.4, 0.5) is 8.78 Å². The second-order valence-corrected chi connectivity index (χ2v) is 4.86. The summed E-state index contributed by atoms with van der Waals surface area (Å²) in [5, 5.41) is 8.52. The smallest absolute Gasteiger partial charge is 0.260 e. The predicted octanol–water partition coefficient (Wildman–Crippen LogP) is 1.40. The highest BCUT2D eigenvalue weighted by atomic mass is 19.3. The van der Waals surface area contributed by atoms with E-state index in [-0.39, 0.29) is 11.8 Å². The number of hydrogen-bond acceptors (Lipinski definition) is 2. The lowest BCUT2D eigenvalue weighted by atomic mass is 9.79. The second-order valence-electron chi connectivity index (χ2n) is 4.86. The fourth-order valence-corrected chi connectivity index (χ4v) is 2.04. The van der Waals surface area contributed by atoms with Crippen LogP contribution in [0.3, 0.4) is 0 Å². The van der Waals surface area contributed by atoms with Crippen molar-refractivity contribution < 1.29 is 13.6 Å². The number of halogens is 2. The first-order valence-corrected chi connectivity index (χ1v) is 4.92. The van der Waals surface area contributed by atoms with Crippen LogP contribution in [0.25, 0.3) is 0 Å². The maximum Gasteiger partial charge on any atom is 0.260 e. The van der Waals surface area contributed by atoms with Crippen molar-refractivity contribution in [1.29, 1.82) is 5.26 Å². The number of carbonyl (C=O) groups excluding carboxylic acids is 1. The Morgan fingerprint density at radius 1 is 1.60 bits per heavy atom. The van der Waals surface area contributed by atoms with Gasteiger partial charge in [0, 0.05) is 31.3 Å². The van der Waals surface area contributed by atoms with E-state index in [2.05, 4.69) is 0 Å². The molecule has 1 atom stereocenters. The van der Waals surface area contributed by atoms with Gasteiger partial charge in [-0.1, -0.05) is 6.92 Å². The Bertz CT molecular complexity index is 342. The van der Waals surface area contributed by atoms with E-state index in [0.717, 1.165) is 0 Å². The van der Waals surface area contributed by atoms with Crippen molar-refractivity contribution in [1.82, 2.24) is 4.90 Å². The number of rotatable bonds is 2. The Morgan fingerprint density at radius 2 is 2.13 bits per heavy atom. The summed E-state index contributed by atoms with van der Waals surface area (Å²) in [4.78, 5) is 12.9. The van der Waals surface area contributed by atoms with E-state index < -0.39 is 17.7 Å². The molecule has 0 radical (unpaired) electrons. The summed E-state index contributed by atoms with van der Waals surface area (Å²) in [5.41, 5.74) is -0.186. The van der Waals surface area contributed by atoms with Crippen molar-refractivity contribution in [2.45, 2.75) is 25.7 Å². The monoisotopic (exact) mass is 214 g/mol. The molecule has 0 N–H and O–H groups in total. The zero-order valence-corrected chi connectivity index (χ0v) is 8.46. The molecule has 1 aliphatic carbocycles. The Labute approximate surface area is 86.7 Å². The van der Waals surface area contributed by atoms with Crippen LogP contribution < -0.4 is 0 Å². The molecule has 0 bridgehead atoms. The third-order valence-corrected chi connectivity index (χ3v) is 3.09. The van der Waals surface area contributed by atoms with Crippen LogP contribution in [-0.2, 0) is 4.79 Å². The van der Waals surface area contributed by atoms with Gasteiger partial charge in [-0.25, -0.2) is 8.78 Å². The van der Waals surface area contributed by atoms with Gasteiger partial charge in [-0.05, 0) is 0 Å². The zero-order chi connectivity index (χ0) is 11.3. The van der Waals surface area contributed by atoms with E-state index in [1.165, 1.54) is 4.90 Å². The molecule has 1 aliphatic heterocycles. The molecule has 82 valence electrons. The highest BCUT2D eigenvalue weighted by molar-refractivity contribution is 5.83. The molecule has 5 heteroatoms. The van der Waals surface area contributed by atoms with Gasteiger partial charge in [0.05, 0.1) is 6.07 Å². The molecule has 0 aromatic rings. The number of nitrogens with zero attached hydrogens (tertiary/aromatic N) is 2. The van der Waals surface area contributed by atoms with Crippen LogP contribution in [0, 0.1) is 22.7 Å². The summed E-state index contributed by atoms with van der Waals surface area (Å²) in [6.07, 6.45) is 0.0646. The van der Waals surface area contributed by atoms with Crippen LogP contribution in [0.5, 0.6) is 0 Å². The number of likely N-dealkylation sites (tertiary alicyclic amines) is 1. The standard InChI is InChI=1S/C10H12F2N2O/c1-9(2-3-13)5-14(6-9)8(15)7-4-10(7,11)12/h7H,2,4-6H2,1H3/t7-/m0/s1. The molecule has 0 unspecified atom stereocenters. The molecule has 2 aliphatic rings. The Kier molecular flexibility index (Phi) is 2.00. The summed E-state index contributed by atoms with van der Waals surface area (Å²) in [6, 6.07) is 2.04. The number of hydrogen-bond donors (Lipinski definition) is 0. The molecule has 1 amide bonds. The summed E-state index contributed by atoms with van der Waals surface area (Å²) < 4.78 is 25.2. The average Bonchev–Trinajstić information content (AvgIpc) is 2.70. The predicted molar refractivity (Wildman–Crippen MR) is 48.0 cm³/mol. The molecule has 0 aromatic heterocycles. The molecule has 0 aromatic carbocycles.